The van der Waals surface area contributed by atoms with Gasteiger partial charge >= 0.3 is 5.97 Å². The number of aliphatic carboxylic acids is 1. The first-order valence-corrected chi connectivity index (χ1v) is 4.80. The summed E-state index contributed by atoms with van der Waals surface area (Å²) in [6, 6.07) is 7.79. The fraction of sp³-hybridized carbons (Fsp3) is 0.273. The fourth-order valence-corrected chi connectivity index (χ4v) is 1.35. The molecule has 0 unspecified atom stereocenters. The summed E-state index contributed by atoms with van der Waals surface area (Å²) in [5.74, 6) is 5.61. The highest BCUT2D eigenvalue weighted by Gasteiger charge is 2.26. The van der Waals surface area contributed by atoms with Gasteiger partial charge in [-0.25, -0.2) is 9.80 Å². The summed E-state index contributed by atoms with van der Waals surface area (Å²) < 4.78 is 0. The van der Waals surface area contributed by atoms with E-state index < -0.39 is 17.9 Å². The molecule has 0 aromatic heterocycles. The van der Waals surface area contributed by atoms with Crippen LogP contribution in [-0.2, 0) is 16.0 Å². The zero-order valence-corrected chi connectivity index (χ0v) is 8.88. The minimum Gasteiger partial charge on any atom is -0.480 e. The molecular weight excluding hydrogens is 208 g/mol. The molecule has 0 saturated carbocycles. The number of nitrogens with one attached hydrogen (secondary N) is 1. The largest absolute Gasteiger partial charge is 0.480 e. The van der Waals surface area contributed by atoms with E-state index in [9.17, 15) is 9.59 Å². The van der Waals surface area contributed by atoms with E-state index in [0.717, 1.165) is 5.56 Å². The van der Waals surface area contributed by atoms with Crippen molar-refractivity contribution in [2.75, 3.05) is 0 Å². The molecule has 5 nitrogen and oxygen atoms in total. The Kier molecular flexibility index (Phi) is 4.02. The standard InChI is InChI=1S/C11H13N2O3/c1-8(14)13(12)10(11(15)16)7-9-5-3-2-4-6-9/h2-6,10,12H,7H2,1H3,(H,15,16)/t10-/m0/s1. The van der Waals surface area contributed by atoms with Gasteiger partial charge in [0.25, 0.3) is 0 Å². The number of rotatable bonds is 4. The lowest BCUT2D eigenvalue weighted by atomic mass is 10.1. The van der Waals surface area contributed by atoms with Crippen molar-refractivity contribution < 1.29 is 14.7 Å². The van der Waals surface area contributed by atoms with Crippen molar-refractivity contribution >= 4 is 11.9 Å². The third-order valence-electron chi connectivity index (χ3n) is 2.21. The van der Waals surface area contributed by atoms with Crippen LogP contribution in [0.25, 0.3) is 0 Å². The fourth-order valence-electron chi connectivity index (χ4n) is 1.35. The first-order chi connectivity index (χ1) is 7.52. The Balaban J connectivity index is 2.81. The molecule has 1 aromatic rings. The van der Waals surface area contributed by atoms with Gasteiger partial charge in [0.1, 0.15) is 0 Å². The predicted molar refractivity (Wildman–Crippen MR) is 57.2 cm³/mol. The number of hydrogen-bond acceptors (Lipinski definition) is 2. The molecule has 1 amide bonds. The van der Waals surface area contributed by atoms with Crippen LogP contribution in [0.2, 0.25) is 0 Å². The first-order valence-electron chi connectivity index (χ1n) is 4.80. The van der Waals surface area contributed by atoms with Gasteiger partial charge in [-0.2, -0.15) is 0 Å². The van der Waals surface area contributed by atoms with Crippen molar-refractivity contribution in [3.05, 3.63) is 35.9 Å². The van der Waals surface area contributed by atoms with Crippen molar-refractivity contribution in [3.8, 4) is 0 Å². The average molecular weight is 221 g/mol. The summed E-state index contributed by atoms with van der Waals surface area (Å²) in [5, 5.41) is 9.44. The van der Waals surface area contributed by atoms with Gasteiger partial charge in [-0.1, -0.05) is 30.3 Å². The van der Waals surface area contributed by atoms with Crippen molar-refractivity contribution in [2.24, 2.45) is 0 Å². The van der Waals surface area contributed by atoms with Crippen LogP contribution in [0.4, 0.5) is 0 Å². The highest BCUT2D eigenvalue weighted by molar-refractivity contribution is 5.81. The molecule has 85 valence electrons. The maximum Gasteiger partial charge on any atom is 0.328 e. The molecule has 16 heavy (non-hydrogen) atoms. The van der Waals surface area contributed by atoms with Crippen molar-refractivity contribution in [3.63, 3.8) is 0 Å². The van der Waals surface area contributed by atoms with E-state index in [-0.39, 0.29) is 6.42 Å². The number of nitrogens with zero attached hydrogens (tertiary/aromatic N) is 1. The number of carboxylic acids is 1. The molecule has 0 spiro atoms. The molecule has 0 aliphatic heterocycles. The summed E-state index contributed by atoms with van der Waals surface area (Å²) >= 11 is 0. The molecule has 0 aliphatic carbocycles. The third-order valence-corrected chi connectivity index (χ3v) is 2.21. The predicted octanol–water partition coefficient (Wildman–Crippen LogP) is 0.729. The Morgan fingerprint density at radius 2 is 1.94 bits per heavy atom. The average Bonchev–Trinajstić information content (AvgIpc) is 2.26. The molecular formula is C11H13N2O3. The van der Waals surface area contributed by atoms with E-state index in [1.54, 1.807) is 24.3 Å². The van der Waals surface area contributed by atoms with Gasteiger partial charge in [-0.05, 0) is 5.56 Å². The van der Waals surface area contributed by atoms with Crippen LogP contribution >= 0.6 is 0 Å². The lowest BCUT2D eigenvalue weighted by Crippen LogP contribution is -2.44. The number of benzene rings is 1. The van der Waals surface area contributed by atoms with Gasteiger partial charge in [0.2, 0.25) is 5.91 Å². The second-order valence-corrected chi connectivity index (χ2v) is 3.43. The van der Waals surface area contributed by atoms with Gasteiger partial charge in [-0.3, -0.25) is 4.79 Å². The molecule has 1 rings (SSSR count). The van der Waals surface area contributed by atoms with Crippen molar-refractivity contribution in [1.82, 2.24) is 10.9 Å². The van der Waals surface area contributed by atoms with Gasteiger partial charge in [0.05, 0.1) is 0 Å². The van der Waals surface area contributed by atoms with Crippen LogP contribution in [0.3, 0.4) is 0 Å². The van der Waals surface area contributed by atoms with E-state index in [4.69, 9.17) is 10.9 Å². The Morgan fingerprint density at radius 3 is 2.38 bits per heavy atom. The maximum absolute atomic E-state index is 11.0. The van der Waals surface area contributed by atoms with E-state index in [2.05, 4.69) is 0 Å². The topological polar surface area (TPSA) is 81.4 Å². The molecule has 5 heteroatoms. The summed E-state index contributed by atoms with van der Waals surface area (Å²) in [4.78, 5) is 21.9. The molecule has 0 saturated heterocycles. The molecule has 2 N–H and O–H groups in total. The first kappa shape index (κ1) is 12.2. The Hall–Kier alpha value is -1.88. The number of carboxylic acid groups (broad SMARTS) is 1. The van der Waals surface area contributed by atoms with Crippen LogP contribution in [-0.4, -0.2) is 28.0 Å². The van der Waals surface area contributed by atoms with Crippen LogP contribution in [0.1, 0.15) is 12.5 Å². The highest BCUT2D eigenvalue weighted by atomic mass is 16.4. The van der Waals surface area contributed by atoms with Crippen LogP contribution < -0.4 is 5.84 Å². The molecule has 1 radical (unpaired) electrons. The second kappa shape index (κ2) is 5.27. The molecule has 0 bridgehead atoms. The Morgan fingerprint density at radius 1 is 1.38 bits per heavy atom. The second-order valence-electron chi connectivity index (χ2n) is 3.43. The molecule has 1 aromatic carbocycles. The minimum atomic E-state index is -1.17. The van der Waals surface area contributed by atoms with Crippen molar-refractivity contribution in [2.45, 2.75) is 19.4 Å². The van der Waals surface area contributed by atoms with Crippen LogP contribution in [0, 0.1) is 0 Å². The van der Waals surface area contributed by atoms with Gasteiger partial charge in [-0.15, -0.1) is 5.84 Å². The van der Waals surface area contributed by atoms with Gasteiger partial charge in [0, 0.05) is 13.3 Å². The highest BCUT2D eigenvalue weighted by Crippen LogP contribution is 2.07. The zero-order chi connectivity index (χ0) is 12.1. The number of carbonyl (C=O) groups excluding carboxylic acids is 1. The SMILES string of the molecule is CC(=O)N([NH])[C@@H](Cc1ccccc1)C(=O)O. The molecule has 0 heterocycles. The quantitative estimate of drug-likeness (QED) is 0.761. The minimum absolute atomic E-state index is 0.138. The number of carbonyl (C=O) groups is 2. The summed E-state index contributed by atoms with van der Waals surface area (Å²) in [6.45, 7) is 1.17. The van der Waals surface area contributed by atoms with Gasteiger partial charge < -0.3 is 5.11 Å². The molecule has 1 atom stereocenters. The zero-order valence-electron chi connectivity index (χ0n) is 8.88. The Bertz CT molecular complexity index is 378. The lowest BCUT2D eigenvalue weighted by Gasteiger charge is -2.21. The third kappa shape index (κ3) is 3.06. The van der Waals surface area contributed by atoms with E-state index >= 15 is 0 Å². The molecule has 0 fully saturated rings. The van der Waals surface area contributed by atoms with E-state index in [1.807, 2.05) is 6.07 Å². The summed E-state index contributed by atoms with van der Waals surface area (Å²) in [5.41, 5.74) is 0.786. The van der Waals surface area contributed by atoms with Gasteiger partial charge in [0.15, 0.2) is 6.04 Å². The van der Waals surface area contributed by atoms with Crippen LogP contribution in [0.5, 0.6) is 0 Å². The summed E-state index contributed by atoms with van der Waals surface area (Å²) in [7, 11) is 0. The summed E-state index contributed by atoms with van der Waals surface area (Å²) in [6.07, 6.45) is 0.138. The lowest BCUT2D eigenvalue weighted by molar-refractivity contribution is -0.150. The smallest absolute Gasteiger partial charge is 0.328 e. The van der Waals surface area contributed by atoms with E-state index in [0.29, 0.717) is 5.01 Å². The van der Waals surface area contributed by atoms with E-state index in [1.165, 1.54) is 6.92 Å². The Labute approximate surface area is 93.4 Å². The maximum atomic E-state index is 11.0. The number of amides is 1. The molecule has 0 aliphatic rings. The monoisotopic (exact) mass is 221 g/mol. The normalized spacial score (nSPS) is 11.9. The number of hydrogen-bond donors (Lipinski definition) is 1. The van der Waals surface area contributed by atoms with Crippen molar-refractivity contribution in [1.29, 1.82) is 0 Å². The van der Waals surface area contributed by atoms with Crippen LogP contribution in [0.15, 0.2) is 30.3 Å².